The maximum absolute atomic E-state index is 13.8. The van der Waals surface area contributed by atoms with E-state index < -0.39 is 5.41 Å². The van der Waals surface area contributed by atoms with Crippen molar-refractivity contribution in [2.24, 2.45) is 0 Å². The highest BCUT2D eigenvalue weighted by Gasteiger charge is 2.44. The number of amides is 2. The van der Waals surface area contributed by atoms with E-state index in [1.807, 2.05) is 84.6 Å². The number of hydrogen-bond acceptors (Lipinski definition) is 5. The number of likely N-dealkylation sites (tertiary alicyclic amines) is 1. The second-order valence-electron chi connectivity index (χ2n) is 9.13. The van der Waals surface area contributed by atoms with Crippen LogP contribution in [0.2, 0.25) is 0 Å². The molecule has 1 atom stereocenters. The molecule has 5 rings (SSSR count). The lowest BCUT2D eigenvalue weighted by molar-refractivity contribution is -0.129. The largest absolute Gasteiger partial charge is 0.349 e. The summed E-state index contributed by atoms with van der Waals surface area (Å²) in [5, 5.41) is 5.82. The van der Waals surface area contributed by atoms with E-state index in [4.69, 9.17) is 0 Å². The number of carbonyl (C=O) groups is 2. The monoisotopic (exact) mass is 496 g/mol. The molecule has 1 N–H and O–H groups in total. The Morgan fingerprint density at radius 3 is 2.33 bits per heavy atom. The predicted octanol–water partition coefficient (Wildman–Crippen LogP) is 5.26. The zero-order chi connectivity index (χ0) is 25.0. The lowest BCUT2D eigenvalue weighted by Gasteiger charge is -2.41. The van der Waals surface area contributed by atoms with Crippen LogP contribution in [-0.2, 0) is 10.2 Å². The molecule has 1 aliphatic heterocycles. The van der Waals surface area contributed by atoms with Gasteiger partial charge in [-0.15, -0.1) is 11.3 Å². The summed E-state index contributed by atoms with van der Waals surface area (Å²) in [6, 6.07) is 23.6. The molecule has 2 aromatic heterocycles. The van der Waals surface area contributed by atoms with E-state index in [1.54, 1.807) is 17.8 Å². The van der Waals surface area contributed by atoms with Crippen LogP contribution in [0.3, 0.4) is 0 Å². The zero-order valence-electron chi connectivity index (χ0n) is 20.1. The Labute approximate surface area is 215 Å². The smallest absolute Gasteiger partial charge is 0.273 e. The number of rotatable bonds is 6. The van der Waals surface area contributed by atoms with Gasteiger partial charge in [0.1, 0.15) is 10.7 Å². The summed E-state index contributed by atoms with van der Waals surface area (Å²) in [4.78, 5) is 37.6. The van der Waals surface area contributed by atoms with Crippen molar-refractivity contribution in [3.63, 3.8) is 0 Å². The lowest BCUT2D eigenvalue weighted by atomic mass is 9.71. The van der Waals surface area contributed by atoms with E-state index in [0.29, 0.717) is 31.6 Å². The number of thiazole rings is 1. The van der Waals surface area contributed by atoms with Gasteiger partial charge < -0.3 is 10.2 Å². The highest BCUT2D eigenvalue weighted by atomic mass is 32.1. The fraction of sp³-hybridized carbons (Fsp3) is 0.241. The van der Waals surface area contributed by atoms with Crippen LogP contribution in [-0.4, -0.2) is 39.8 Å². The molecule has 0 bridgehead atoms. The molecular formula is C29H28N4O2S. The van der Waals surface area contributed by atoms with Gasteiger partial charge >= 0.3 is 0 Å². The molecule has 3 heterocycles. The normalized spacial score (nSPS) is 15.8. The Balaban J connectivity index is 1.33. The maximum atomic E-state index is 13.8. The predicted molar refractivity (Wildman–Crippen MR) is 142 cm³/mol. The van der Waals surface area contributed by atoms with E-state index in [-0.39, 0.29) is 17.9 Å². The molecule has 0 saturated carbocycles. The Morgan fingerprint density at radius 2 is 1.67 bits per heavy atom. The number of pyridine rings is 1. The van der Waals surface area contributed by atoms with Gasteiger partial charge in [-0.25, -0.2) is 4.98 Å². The average Bonchev–Trinajstić information content (AvgIpc) is 3.44. The molecule has 2 aromatic carbocycles. The number of nitrogens with zero attached hydrogens (tertiary/aromatic N) is 3. The van der Waals surface area contributed by atoms with Gasteiger partial charge in [0.2, 0.25) is 5.91 Å². The van der Waals surface area contributed by atoms with Crippen molar-refractivity contribution < 1.29 is 9.59 Å². The van der Waals surface area contributed by atoms with Gasteiger partial charge in [-0.1, -0.05) is 60.7 Å². The van der Waals surface area contributed by atoms with Crippen LogP contribution in [0.4, 0.5) is 0 Å². The molecule has 4 aromatic rings. The molecule has 0 spiro atoms. The third kappa shape index (κ3) is 4.79. The first-order chi connectivity index (χ1) is 17.6. The molecule has 1 saturated heterocycles. The molecule has 7 heteroatoms. The lowest BCUT2D eigenvalue weighted by Crippen LogP contribution is -2.53. The molecule has 6 nitrogen and oxygen atoms in total. The van der Waals surface area contributed by atoms with Crippen LogP contribution in [0.25, 0.3) is 10.6 Å². The first kappa shape index (κ1) is 23.9. The summed E-state index contributed by atoms with van der Waals surface area (Å²) in [5.41, 5.74) is 2.70. The van der Waals surface area contributed by atoms with Gasteiger partial charge in [-0.05, 0) is 43.0 Å². The first-order valence-electron chi connectivity index (χ1n) is 12.1. The van der Waals surface area contributed by atoms with Crippen molar-refractivity contribution >= 4 is 23.2 Å². The zero-order valence-corrected chi connectivity index (χ0v) is 20.9. The first-order valence-corrected chi connectivity index (χ1v) is 13.0. The molecule has 2 amide bonds. The van der Waals surface area contributed by atoms with Crippen molar-refractivity contribution in [1.29, 1.82) is 0 Å². The van der Waals surface area contributed by atoms with E-state index in [9.17, 15) is 9.59 Å². The second kappa shape index (κ2) is 10.4. The minimum atomic E-state index is -0.690. The van der Waals surface area contributed by atoms with Crippen LogP contribution < -0.4 is 5.32 Å². The van der Waals surface area contributed by atoms with Crippen LogP contribution in [0.15, 0.2) is 90.6 Å². The summed E-state index contributed by atoms with van der Waals surface area (Å²) >= 11 is 1.44. The van der Waals surface area contributed by atoms with Gasteiger partial charge in [0.05, 0.1) is 11.5 Å². The third-order valence-corrected chi connectivity index (χ3v) is 7.84. The number of carbonyl (C=O) groups excluding carboxylic acids is 2. The standard InChI is InChI=1S/C29H28N4O2S/c1-21(22-9-4-2-5-10-22)31-28(35)29(24-12-6-3-7-13-24)14-17-33(18-15-29)27(34)25-20-36-26(32-25)23-11-8-16-30-19-23/h2-13,16,19-21H,14-15,17-18H2,1H3,(H,31,35). The average molecular weight is 497 g/mol. The summed E-state index contributed by atoms with van der Waals surface area (Å²) in [6.45, 7) is 2.98. The Kier molecular flexibility index (Phi) is 6.91. The van der Waals surface area contributed by atoms with Crippen LogP contribution in [0.5, 0.6) is 0 Å². The minimum Gasteiger partial charge on any atom is -0.349 e. The highest BCUT2D eigenvalue weighted by molar-refractivity contribution is 7.13. The van der Waals surface area contributed by atoms with Crippen molar-refractivity contribution in [2.45, 2.75) is 31.2 Å². The number of benzene rings is 2. The van der Waals surface area contributed by atoms with Gasteiger partial charge in [0.15, 0.2) is 0 Å². The SMILES string of the molecule is CC(NC(=O)C1(c2ccccc2)CCN(C(=O)c2csc(-c3cccnc3)n2)CC1)c1ccccc1. The Bertz CT molecular complexity index is 1320. The molecule has 0 radical (unpaired) electrons. The number of piperidine rings is 1. The third-order valence-electron chi connectivity index (χ3n) is 6.94. The number of aromatic nitrogens is 2. The van der Waals surface area contributed by atoms with Gasteiger partial charge in [-0.2, -0.15) is 0 Å². The summed E-state index contributed by atoms with van der Waals surface area (Å²) in [7, 11) is 0. The summed E-state index contributed by atoms with van der Waals surface area (Å²) < 4.78 is 0. The van der Waals surface area contributed by atoms with Crippen molar-refractivity contribution in [2.75, 3.05) is 13.1 Å². The number of hydrogen-bond donors (Lipinski definition) is 1. The van der Waals surface area contributed by atoms with Crippen molar-refractivity contribution in [3.8, 4) is 10.6 Å². The fourth-order valence-electron chi connectivity index (χ4n) is 4.81. The van der Waals surface area contributed by atoms with Crippen LogP contribution in [0.1, 0.15) is 47.4 Å². The van der Waals surface area contributed by atoms with Gasteiger partial charge in [0.25, 0.3) is 5.91 Å². The fourth-order valence-corrected chi connectivity index (χ4v) is 5.60. The summed E-state index contributed by atoms with van der Waals surface area (Å²) in [5.74, 6) is -0.0919. The molecule has 1 aliphatic rings. The molecule has 1 fully saturated rings. The maximum Gasteiger partial charge on any atom is 0.273 e. The van der Waals surface area contributed by atoms with Crippen LogP contribution in [0, 0.1) is 0 Å². The van der Waals surface area contributed by atoms with Crippen molar-refractivity contribution in [3.05, 3.63) is 107 Å². The van der Waals surface area contributed by atoms with Gasteiger partial charge in [0, 0.05) is 36.4 Å². The molecule has 1 unspecified atom stereocenters. The summed E-state index contributed by atoms with van der Waals surface area (Å²) in [6.07, 6.45) is 4.56. The molecule has 182 valence electrons. The van der Waals surface area contributed by atoms with Crippen LogP contribution >= 0.6 is 11.3 Å². The van der Waals surface area contributed by atoms with Gasteiger partial charge in [-0.3, -0.25) is 14.6 Å². The van der Waals surface area contributed by atoms with E-state index in [2.05, 4.69) is 15.3 Å². The van der Waals surface area contributed by atoms with E-state index in [1.165, 1.54) is 11.3 Å². The number of nitrogens with one attached hydrogen (secondary N) is 1. The quantitative estimate of drug-likeness (QED) is 0.395. The van der Waals surface area contributed by atoms with E-state index >= 15 is 0 Å². The Hall–Kier alpha value is -3.84. The molecule has 0 aliphatic carbocycles. The van der Waals surface area contributed by atoms with E-state index in [0.717, 1.165) is 21.7 Å². The molecule has 36 heavy (non-hydrogen) atoms. The Morgan fingerprint density at radius 1 is 0.972 bits per heavy atom. The van der Waals surface area contributed by atoms with Crippen molar-refractivity contribution in [1.82, 2.24) is 20.2 Å². The minimum absolute atomic E-state index is 0.00433. The second-order valence-corrected chi connectivity index (χ2v) is 9.98. The topological polar surface area (TPSA) is 75.2 Å². The molecular weight excluding hydrogens is 468 g/mol. The highest BCUT2D eigenvalue weighted by Crippen LogP contribution is 2.37.